The zero-order valence-electron chi connectivity index (χ0n) is 11.5. The highest BCUT2D eigenvalue weighted by atomic mass is 79.9. The van der Waals surface area contributed by atoms with Gasteiger partial charge < -0.3 is 5.32 Å². The molecule has 1 saturated heterocycles. The maximum atomic E-state index is 12.1. The molecule has 1 aliphatic rings. The van der Waals surface area contributed by atoms with Gasteiger partial charge in [0.2, 0.25) is 0 Å². The number of hydrogen-bond acceptors (Lipinski definition) is 3. The fourth-order valence-electron chi connectivity index (χ4n) is 1.89. The number of carbonyl (C=O) groups excluding carboxylic acids is 1. The molecule has 0 aromatic heterocycles. The van der Waals surface area contributed by atoms with Crippen LogP contribution >= 0.6 is 50.9 Å². The Morgan fingerprint density at radius 3 is 2.70 bits per heavy atom. The van der Waals surface area contributed by atoms with Crippen LogP contribution in [0.5, 0.6) is 0 Å². The summed E-state index contributed by atoms with van der Waals surface area (Å²) in [5.41, 5.74) is 1.48. The number of rotatable bonds is 2. The maximum absolute atomic E-state index is 12.1. The topological polar surface area (TPSA) is 41.5 Å². The first-order valence-corrected chi connectivity index (χ1v) is 8.88. The van der Waals surface area contributed by atoms with Crippen LogP contribution in [-0.2, 0) is 4.79 Å². The number of amides is 1. The SMILES string of the molecule is O=C1NC(=Nc2ccccc2Br)S/C1=C/c1ccc(Cl)cc1Cl. The van der Waals surface area contributed by atoms with E-state index >= 15 is 0 Å². The fraction of sp³-hybridized carbons (Fsp3) is 0. The Kier molecular flexibility index (Phi) is 5.11. The Morgan fingerprint density at radius 2 is 1.96 bits per heavy atom. The van der Waals surface area contributed by atoms with Gasteiger partial charge in [0.25, 0.3) is 5.91 Å². The Bertz CT molecular complexity index is 852. The highest BCUT2D eigenvalue weighted by Gasteiger charge is 2.24. The van der Waals surface area contributed by atoms with E-state index in [1.54, 1.807) is 24.3 Å². The van der Waals surface area contributed by atoms with Crippen LogP contribution in [0.1, 0.15) is 5.56 Å². The Labute approximate surface area is 155 Å². The van der Waals surface area contributed by atoms with Crippen LogP contribution in [0.4, 0.5) is 5.69 Å². The lowest BCUT2D eigenvalue weighted by Gasteiger charge is -1.99. The summed E-state index contributed by atoms with van der Waals surface area (Å²) in [7, 11) is 0. The van der Waals surface area contributed by atoms with E-state index in [4.69, 9.17) is 23.2 Å². The van der Waals surface area contributed by atoms with Crippen molar-refractivity contribution in [1.29, 1.82) is 0 Å². The second-order valence-corrected chi connectivity index (χ2v) is 7.33. The van der Waals surface area contributed by atoms with E-state index in [-0.39, 0.29) is 5.91 Å². The van der Waals surface area contributed by atoms with Gasteiger partial charge in [-0.2, -0.15) is 0 Å². The van der Waals surface area contributed by atoms with E-state index in [0.29, 0.717) is 20.1 Å². The Balaban J connectivity index is 1.88. The van der Waals surface area contributed by atoms with Crippen LogP contribution in [-0.4, -0.2) is 11.1 Å². The summed E-state index contributed by atoms with van der Waals surface area (Å²) in [6, 6.07) is 12.7. The molecule has 23 heavy (non-hydrogen) atoms. The lowest BCUT2D eigenvalue weighted by molar-refractivity contribution is -0.115. The van der Waals surface area contributed by atoms with Gasteiger partial charge in [-0.25, -0.2) is 4.99 Å². The van der Waals surface area contributed by atoms with Gasteiger partial charge in [-0.1, -0.05) is 41.4 Å². The number of carbonyl (C=O) groups is 1. The number of halogens is 3. The number of nitrogens with zero attached hydrogens (tertiary/aromatic N) is 1. The molecule has 1 N–H and O–H groups in total. The molecule has 0 spiro atoms. The average molecular weight is 428 g/mol. The zero-order chi connectivity index (χ0) is 16.4. The standard InChI is InChI=1S/C16H9BrCl2N2OS/c17-11-3-1-2-4-13(11)20-16-21-15(22)14(23-16)7-9-5-6-10(18)8-12(9)19/h1-8H,(H,20,21,22)/b14-7+. The summed E-state index contributed by atoms with van der Waals surface area (Å²) in [5.74, 6) is -0.202. The van der Waals surface area contributed by atoms with Gasteiger partial charge in [0.1, 0.15) is 0 Å². The van der Waals surface area contributed by atoms with Gasteiger partial charge in [0.15, 0.2) is 5.17 Å². The summed E-state index contributed by atoms with van der Waals surface area (Å²) < 4.78 is 0.862. The molecule has 116 valence electrons. The number of thioether (sulfide) groups is 1. The van der Waals surface area contributed by atoms with Crippen molar-refractivity contribution in [2.45, 2.75) is 0 Å². The van der Waals surface area contributed by atoms with E-state index in [1.165, 1.54) is 11.8 Å². The van der Waals surface area contributed by atoms with E-state index in [9.17, 15) is 4.79 Å². The first-order chi connectivity index (χ1) is 11.0. The molecule has 2 aromatic rings. The van der Waals surface area contributed by atoms with Crippen molar-refractivity contribution in [1.82, 2.24) is 5.32 Å². The number of benzene rings is 2. The van der Waals surface area contributed by atoms with Gasteiger partial charge in [-0.15, -0.1) is 0 Å². The lowest BCUT2D eigenvalue weighted by Crippen LogP contribution is -2.19. The van der Waals surface area contributed by atoms with E-state index in [1.807, 2.05) is 24.3 Å². The number of amidine groups is 1. The molecule has 7 heteroatoms. The molecule has 0 unspecified atom stereocenters. The highest BCUT2D eigenvalue weighted by Crippen LogP contribution is 2.32. The summed E-state index contributed by atoms with van der Waals surface area (Å²) >= 11 is 16.7. The van der Waals surface area contributed by atoms with Crippen molar-refractivity contribution >= 4 is 73.7 Å². The van der Waals surface area contributed by atoms with Gasteiger partial charge in [0, 0.05) is 14.5 Å². The summed E-state index contributed by atoms with van der Waals surface area (Å²) in [5, 5.41) is 4.32. The largest absolute Gasteiger partial charge is 0.300 e. The quantitative estimate of drug-likeness (QED) is 0.629. The minimum Gasteiger partial charge on any atom is -0.300 e. The van der Waals surface area contributed by atoms with Crippen molar-refractivity contribution in [2.75, 3.05) is 0 Å². The molecule has 0 saturated carbocycles. The molecule has 1 fully saturated rings. The second-order valence-electron chi connectivity index (χ2n) is 4.60. The van der Waals surface area contributed by atoms with Crippen molar-refractivity contribution in [3.8, 4) is 0 Å². The van der Waals surface area contributed by atoms with E-state index in [2.05, 4.69) is 26.2 Å². The van der Waals surface area contributed by atoms with Gasteiger partial charge >= 0.3 is 0 Å². The first kappa shape index (κ1) is 16.6. The van der Waals surface area contributed by atoms with Crippen LogP contribution in [0, 0.1) is 0 Å². The molecule has 1 aliphatic heterocycles. The monoisotopic (exact) mass is 426 g/mol. The van der Waals surface area contributed by atoms with Crippen molar-refractivity contribution in [3.05, 3.63) is 67.5 Å². The molecule has 0 radical (unpaired) electrons. The third kappa shape index (κ3) is 3.98. The van der Waals surface area contributed by atoms with Crippen molar-refractivity contribution in [3.63, 3.8) is 0 Å². The van der Waals surface area contributed by atoms with E-state index in [0.717, 1.165) is 15.7 Å². The molecule has 0 aliphatic carbocycles. The van der Waals surface area contributed by atoms with Crippen LogP contribution in [0.15, 0.2) is 56.8 Å². The minimum atomic E-state index is -0.202. The van der Waals surface area contributed by atoms with Crippen LogP contribution in [0.3, 0.4) is 0 Å². The molecular formula is C16H9BrCl2N2OS. The van der Waals surface area contributed by atoms with Crippen LogP contribution in [0.2, 0.25) is 10.0 Å². The normalized spacial score (nSPS) is 17.8. The Morgan fingerprint density at radius 1 is 1.17 bits per heavy atom. The molecule has 3 nitrogen and oxygen atoms in total. The van der Waals surface area contributed by atoms with Crippen LogP contribution < -0.4 is 5.32 Å². The highest BCUT2D eigenvalue weighted by molar-refractivity contribution is 9.10. The maximum Gasteiger partial charge on any atom is 0.264 e. The number of hydrogen-bond donors (Lipinski definition) is 1. The predicted molar refractivity (Wildman–Crippen MR) is 101 cm³/mol. The van der Waals surface area contributed by atoms with Crippen molar-refractivity contribution < 1.29 is 4.79 Å². The molecule has 2 aromatic carbocycles. The number of aliphatic imine (C=N–C) groups is 1. The van der Waals surface area contributed by atoms with Crippen LogP contribution in [0.25, 0.3) is 6.08 Å². The predicted octanol–water partition coefficient (Wildman–Crippen LogP) is 5.65. The minimum absolute atomic E-state index is 0.202. The third-order valence-corrected chi connectivity index (χ3v) is 5.12. The van der Waals surface area contributed by atoms with Gasteiger partial charge in [-0.05, 0) is 63.6 Å². The summed E-state index contributed by atoms with van der Waals surface area (Å²) in [6.45, 7) is 0. The molecule has 3 rings (SSSR count). The second kappa shape index (κ2) is 7.09. The third-order valence-electron chi connectivity index (χ3n) is 2.97. The first-order valence-electron chi connectivity index (χ1n) is 6.52. The van der Waals surface area contributed by atoms with E-state index < -0.39 is 0 Å². The summed E-state index contributed by atoms with van der Waals surface area (Å²) in [6.07, 6.45) is 1.72. The van der Waals surface area contributed by atoms with Crippen molar-refractivity contribution in [2.24, 2.45) is 4.99 Å². The summed E-state index contributed by atoms with van der Waals surface area (Å²) in [4.78, 5) is 17.1. The fourth-order valence-corrected chi connectivity index (χ4v) is 3.55. The zero-order valence-corrected chi connectivity index (χ0v) is 15.4. The molecule has 1 amide bonds. The smallest absolute Gasteiger partial charge is 0.264 e. The molecule has 0 atom stereocenters. The number of nitrogens with one attached hydrogen (secondary N) is 1. The number of para-hydroxylation sites is 1. The van der Waals surface area contributed by atoms with Gasteiger partial charge in [0.05, 0.1) is 10.6 Å². The molecular weight excluding hydrogens is 419 g/mol. The Hall–Kier alpha value is -1.27. The average Bonchev–Trinajstić information content (AvgIpc) is 2.84. The molecule has 0 bridgehead atoms. The van der Waals surface area contributed by atoms with Gasteiger partial charge in [-0.3, -0.25) is 4.79 Å². The lowest BCUT2D eigenvalue weighted by atomic mass is 10.2. The molecule has 1 heterocycles.